The lowest BCUT2D eigenvalue weighted by atomic mass is 9.89. The van der Waals surface area contributed by atoms with Crippen molar-refractivity contribution >= 4 is 11.3 Å². The first-order valence-corrected chi connectivity index (χ1v) is 10.3. The molecule has 0 amide bonds. The first-order chi connectivity index (χ1) is 14.6. The standard InChI is InChI=1S/C24H29NO5/c1-17(18-4-8-21(26-2)9-5-18)23-16-28-24(30-29-23)14-12-20(13-15-24)25-19-6-10-22(27-3)11-7-19/h4-11,20,23,25H,1,12-16H2,2-3H3. The highest BCUT2D eigenvalue weighted by molar-refractivity contribution is 5.67. The average molecular weight is 411 g/mol. The fourth-order valence-electron chi connectivity index (χ4n) is 3.93. The number of anilines is 1. The summed E-state index contributed by atoms with van der Waals surface area (Å²) in [6.45, 7) is 4.60. The lowest BCUT2D eigenvalue weighted by Crippen LogP contribution is -2.49. The lowest BCUT2D eigenvalue weighted by Gasteiger charge is -2.43. The van der Waals surface area contributed by atoms with Crippen LogP contribution in [0.2, 0.25) is 0 Å². The highest BCUT2D eigenvalue weighted by Gasteiger charge is 2.43. The Balaban J connectivity index is 1.27. The van der Waals surface area contributed by atoms with E-state index < -0.39 is 5.79 Å². The predicted octanol–water partition coefficient (Wildman–Crippen LogP) is 4.82. The molecule has 2 aliphatic rings. The van der Waals surface area contributed by atoms with Crippen LogP contribution in [0, 0.1) is 0 Å². The van der Waals surface area contributed by atoms with Crippen LogP contribution in [0.5, 0.6) is 11.5 Å². The number of methoxy groups -OCH3 is 2. The normalized spacial score (nSPS) is 26.2. The van der Waals surface area contributed by atoms with Gasteiger partial charge in [0, 0.05) is 24.6 Å². The molecule has 2 fully saturated rings. The van der Waals surface area contributed by atoms with Gasteiger partial charge in [0.25, 0.3) is 0 Å². The largest absolute Gasteiger partial charge is 0.497 e. The van der Waals surface area contributed by atoms with Gasteiger partial charge >= 0.3 is 0 Å². The molecule has 30 heavy (non-hydrogen) atoms. The smallest absolute Gasteiger partial charge is 0.201 e. The van der Waals surface area contributed by atoms with E-state index in [4.69, 9.17) is 24.0 Å². The van der Waals surface area contributed by atoms with Crippen LogP contribution in [0.15, 0.2) is 55.1 Å². The van der Waals surface area contributed by atoms with Crippen molar-refractivity contribution in [2.24, 2.45) is 0 Å². The molecule has 0 aromatic heterocycles. The van der Waals surface area contributed by atoms with E-state index in [1.54, 1.807) is 14.2 Å². The molecule has 6 heteroatoms. The molecule has 1 N–H and O–H groups in total. The SMILES string of the molecule is C=C(c1ccc(OC)cc1)C1COC2(CCC(Nc3ccc(OC)cc3)CC2)OO1. The van der Waals surface area contributed by atoms with E-state index in [0.717, 1.165) is 54.0 Å². The predicted molar refractivity (Wildman–Crippen MR) is 116 cm³/mol. The molecular weight excluding hydrogens is 382 g/mol. The molecular formula is C24H29NO5. The van der Waals surface area contributed by atoms with E-state index >= 15 is 0 Å². The van der Waals surface area contributed by atoms with Gasteiger partial charge in [0.1, 0.15) is 17.6 Å². The molecule has 1 unspecified atom stereocenters. The van der Waals surface area contributed by atoms with Crippen LogP contribution in [0.1, 0.15) is 31.2 Å². The van der Waals surface area contributed by atoms with Crippen LogP contribution in [0.3, 0.4) is 0 Å². The minimum atomic E-state index is -0.658. The number of hydrogen-bond donors (Lipinski definition) is 1. The Labute approximate surface area is 177 Å². The zero-order valence-corrected chi connectivity index (χ0v) is 17.6. The molecule has 1 aliphatic carbocycles. The zero-order chi connectivity index (χ0) is 21.0. The summed E-state index contributed by atoms with van der Waals surface area (Å²) in [5.41, 5.74) is 2.91. The Morgan fingerprint density at radius 2 is 1.57 bits per heavy atom. The maximum Gasteiger partial charge on any atom is 0.201 e. The maximum atomic E-state index is 6.16. The molecule has 1 atom stereocenters. The summed E-state index contributed by atoms with van der Waals surface area (Å²) in [7, 11) is 3.32. The molecule has 1 saturated carbocycles. The quantitative estimate of drug-likeness (QED) is 0.688. The molecule has 6 nitrogen and oxygen atoms in total. The van der Waals surface area contributed by atoms with Crippen molar-refractivity contribution in [2.45, 2.75) is 43.6 Å². The Morgan fingerprint density at radius 1 is 0.967 bits per heavy atom. The van der Waals surface area contributed by atoms with Crippen molar-refractivity contribution in [3.63, 3.8) is 0 Å². The topological polar surface area (TPSA) is 58.2 Å². The van der Waals surface area contributed by atoms with E-state index in [2.05, 4.69) is 11.9 Å². The van der Waals surface area contributed by atoms with Crippen molar-refractivity contribution < 1.29 is 24.0 Å². The van der Waals surface area contributed by atoms with Crippen LogP contribution in [0.4, 0.5) is 5.69 Å². The highest BCUT2D eigenvalue weighted by Crippen LogP contribution is 2.38. The Morgan fingerprint density at radius 3 is 2.10 bits per heavy atom. The van der Waals surface area contributed by atoms with Gasteiger partial charge in [-0.3, -0.25) is 0 Å². The average Bonchev–Trinajstić information content (AvgIpc) is 2.81. The van der Waals surface area contributed by atoms with E-state index in [-0.39, 0.29) is 6.10 Å². The third-order valence-corrected chi connectivity index (χ3v) is 5.87. The van der Waals surface area contributed by atoms with Crippen LogP contribution < -0.4 is 14.8 Å². The molecule has 160 valence electrons. The first kappa shape index (κ1) is 20.7. The third-order valence-electron chi connectivity index (χ3n) is 5.87. The van der Waals surface area contributed by atoms with Gasteiger partial charge in [-0.25, -0.2) is 9.78 Å². The Bertz CT molecular complexity index is 831. The van der Waals surface area contributed by atoms with E-state index in [0.29, 0.717) is 12.6 Å². The molecule has 1 saturated heterocycles. The van der Waals surface area contributed by atoms with Crippen LogP contribution >= 0.6 is 0 Å². The summed E-state index contributed by atoms with van der Waals surface area (Å²) in [6.07, 6.45) is 3.13. The molecule has 2 aromatic carbocycles. The summed E-state index contributed by atoms with van der Waals surface area (Å²) >= 11 is 0. The van der Waals surface area contributed by atoms with Crippen LogP contribution in [-0.4, -0.2) is 38.8 Å². The summed E-state index contributed by atoms with van der Waals surface area (Å²) in [4.78, 5) is 11.5. The fourth-order valence-corrected chi connectivity index (χ4v) is 3.93. The minimum absolute atomic E-state index is 0.320. The Kier molecular flexibility index (Phi) is 6.27. The second-order valence-corrected chi connectivity index (χ2v) is 7.79. The van der Waals surface area contributed by atoms with Crippen molar-refractivity contribution in [2.75, 3.05) is 26.1 Å². The van der Waals surface area contributed by atoms with Crippen molar-refractivity contribution in [1.29, 1.82) is 0 Å². The van der Waals surface area contributed by atoms with E-state index in [1.807, 2.05) is 48.5 Å². The van der Waals surface area contributed by atoms with Crippen LogP contribution in [0.25, 0.3) is 5.57 Å². The van der Waals surface area contributed by atoms with Gasteiger partial charge in [-0.05, 0) is 60.4 Å². The summed E-state index contributed by atoms with van der Waals surface area (Å²) in [6, 6.07) is 16.1. The molecule has 2 aromatic rings. The summed E-state index contributed by atoms with van der Waals surface area (Å²) < 4.78 is 16.6. The third kappa shape index (κ3) is 4.61. The van der Waals surface area contributed by atoms with Gasteiger partial charge < -0.3 is 19.5 Å². The number of hydrogen-bond acceptors (Lipinski definition) is 6. The fraction of sp³-hybridized carbons (Fsp3) is 0.417. The van der Waals surface area contributed by atoms with Gasteiger partial charge in [0.05, 0.1) is 20.8 Å². The second kappa shape index (κ2) is 9.08. The molecule has 1 heterocycles. The lowest BCUT2D eigenvalue weighted by molar-refractivity contribution is -0.483. The van der Waals surface area contributed by atoms with Crippen LogP contribution in [-0.2, 0) is 14.5 Å². The maximum absolute atomic E-state index is 6.16. The highest BCUT2D eigenvalue weighted by atomic mass is 17.2. The van der Waals surface area contributed by atoms with Gasteiger partial charge in [-0.1, -0.05) is 18.7 Å². The van der Waals surface area contributed by atoms with Gasteiger partial charge in [-0.2, -0.15) is 0 Å². The monoisotopic (exact) mass is 411 g/mol. The number of rotatable bonds is 6. The second-order valence-electron chi connectivity index (χ2n) is 7.79. The molecule has 1 aliphatic heterocycles. The Hall–Kier alpha value is -2.54. The molecule has 4 rings (SSSR count). The minimum Gasteiger partial charge on any atom is -0.497 e. The first-order valence-electron chi connectivity index (χ1n) is 10.3. The van der Waals surface area contributed by atoms with Gasteiger partial charge in [-0.15, -0.1) is 0 Å². The summed E-state index contributed by atoms with van der Waals surface area (Å²) in [5.74, 6) is 1.01. The van der Waals surface area contributed by atoms with Crippen molar-refractivity contribution in [3.05, 3.63) is 60.7 Å². The van der Waals surface area contributed by atoms with E-state index in [9.17, 15) is 0 Å². The number of nitrogens with one attached hydrogen (secondary N) is 1. The molecule has 0 bridgehead atoms. The zero-order valence-electron chi connectivity index (χ0n) is 17.6. The van der Waals surface area contributed by atoms with Gasteiger partial charge in [0.15, 0.2) is 0 Å². The van der Waals surface area contributed by atoms with Crippen molar-refractivity contribution in [3.8, 4) is 11.5 Å². The van der Waals surface area contributed by atoms with E-state index in [1.165, 1.54) is 0 Å². The van der Waals surface area contributed by atoms with Crippen molar-refractivity contribution in [1.82, 2.24) is 0 Å². The molecule has 0 radical (unpaired) electrons. The number of ether oxygens (including phenoxy) is 3. The summed E-state index contributed by atoms with van der Waals surface area (Å²) in [5, 5.41) is 3.58. The molecule has 1 spiro atoms. The number of benzene rings is 2. The van der Waals surface area contributed by atoms with Gasteiger partial charge in [0.2, 0.25) is 5.79 Å².